The largest absolute Gasteiger partial charge is 0.398 e. The summed E-state index contributed by atoms with van der Waals surface area (Å²) >= 11 is 0. The van der Waals surface area contributed by atoms with E-state index in [0.29, 0.717) is 16.8 Å². The highest BCUT2D eigenvalue weighted by molar-refractivity contribution is 6.02. The number of rotatable bonds is 3. The van der Waals surface area contributed by atoms with Gasteiger partial charge in [0.05, 0.1) is 6.04 Å². The molecule has 1 unspecified atom stereocenters. The van der Waals surface area contributed by atoms with E-state index < -0.39 is 0 Å². The van der Waals surface area contributed by atoms with Gasteiger partial charge in [-0.3, -0.25) is 4.79 Å². The molecule has 0 spiro atoms. The highest BCUT2D eigenvalue weighted by Gasteiger charge is 2.34. The van der Waals surface area contributed by atoms with Crippen molar-refractivity contribution in [3.05, 3.63) is 64.3 Å². The fourth-order valence-corrected chi connectivity index (χ4v) is 3.70. The van der Waals surface area contributed by atoms with Crippen LogP contribution in [0.2, 0.25) is 0 Å². The summed E-state index contributed by atoms with van der Waals surface area (Å²) in [7, 11) is 4.04. The van der Waals surface area contributed by atoms with E-state index >= 15 is 0 Å². The van der Waals surface area contributed by atoms with E-state index in [1.807, 2.05) is 38.4 Å². The Morgan fingerprint density at radius 3 is 2.77 bits per heavy atom. The molecule has 1 aliphatic rings. The Balaban J connectivity index is 1.94. The maximum atomic E-state index is 12.6. The van der Waals surface area contributed by atoms with Crippen molar-refractivity contribution in [2.45, 2.75) is 12.6 Å². The van der Waals surface area contributed by atoms with Crippen LogP contribution in [0, 0.1) is 12.3 Å². The molecule has 3 aromatic rings. The zero-order valence-electron chi connectivity index (χ0n) is 14.8. The van der Waals surface area contributed by atoms with Gasteiger partial charge in [-0.15, -0.1) is 6.42 Å². The first-order valence-electron chi connectivity index (χ1n) is 8.44. The fraction of sp³-hybridized carbons (Fsp3) is 0.190. The van der Waals surface area contributed by atoms with Crippen molar-refractivity contribution >= 4 is 22.5 Å². The van der Waals surface area contributed by atoms with Crippen molar-refractivity contribution in [1.29, 1.82) is 0 Å². The number of nitrogen functional groups attached to an aromatic ring is 1. The molecule has 4 N–H and O–H groups in total. The number of nitrogens with one attached hydrogen (secondary N) is 2. The number of carbonyl (C=O) groups excluding carboxylic acids is 1. The number of aromatic amines is 1. The van der Waals surface area contributed by atoms with Crippen LogP contribution in [0.15, 0.2) is 36.4 Å². The molecule has 0 bridgehead atoms. The van der Waals surface area contributed by atoms with Crippen molar-refractivity contribution < 1.29 is 4.79 Å². The summed E-state index contributed by atoms with van der Waals surface area (Å²) in [6.45, 7) is 0.740. The molecule has 1 aliphatic heterocycles. The second-order valence-electron chi connectivity index (χ2n) is 6.88. The summed E-state index contributed by atoms with van der Waals surface area (Å²) in [4.78, 5) is 18.2. The first kappa shape index (κ1) is 16.2. The summed E-state index contributed by atoms with van der Waals surface area (Å²) in [5, 5.41) is 4.20. The monoisotopic (exact) mass is 344 g/mol. The van der Waals surface area contributed by atoms with Gasteiger partial charge in [0, 0.05) is 45.5 Å². The van der Waals surface area contributed by atoms with Crippen LogP contribution in [0.1, 0.15) is 38.8 Å². The van der Waals surface area contributed by atoms with Crippen LogP contribution in [-0.4, -0.2) is 29.9 Å². The van der Waals surface area contributed by atoms with Gasteiger partial charge in [0.2, 0.25) is 0 Å². The second kappa shape index (κ2) is 5.94. The average Bonchev–Trinajstić information content (AvgIpc) is 3.10. The van der Waals surface area contributed by atoms with Crippen molar-refractivity contribution in [3.8, 4) is 12.3 Å². The lowest BCUT2D eigenvalue weighted by atomic mass is 9.94. The number of amides is 1. The molecule has 130 valence electrons. The molecule has 0 aliphatic carbocycles. The number of H-pyrrole nitrogens is 1. The molecule has 5 nitrogen and oxygen atoms in total. The van der Waals surface area contributed by atoms with Crippen LogP contribution in [0.4, 0.5) is 5.69 Å². The normalized spacial score (nSPS) is 15.9. The van der Waals surface area contributed by atoms with Crippen molar-refractivity contribution in [3.63, 3.8) is 0 Å². The smallest absolute Gasteiger partial charge is 0.252 e. The lowest BCUT2D eigenvalue weighted by molar-refractivity contribution is 0.0960. The molecule has 26 heavy (non-hydrogen) atoms. The summed E-state index contributed by atoms with van der Waals surface area (Å²) in [5.41, 5.74) is 11.8. The number of hydrogen-bond acceptors (Lipinski definition) is 3. The number of para-hydroxylation sites is 1. The standard InChI is InChI=1S/C21H20N4O/c1-4-12-9-15-14(10-16(12)22)20(24-21(15)26)19-13-7-5-6-8-17(13)23-18(19)11-25(2)3/h1,5-10,20,23H,11,22H2,2-3H3,(H,24,26). The van der Waals surface area contributed by atoms with Gasteiger partial charge < -0.3 is 20.9 Å². The maximum absolute atomic E-state index is 12.6. The van der Waals surface area contributed by atoms with Crippen LogP contribution in [0.5, 0.6) is 0 Å². The van der Waals surface area contributed by atoms with Crippen molar-refractivity contribution in [2.75, 3.05) is 19.8 Å². The van der Waals surface area contributed by atoms with E-state index in [-0.39, 0.29) is 11.9 Å². The Labute approximate surface area is 152 Å². The minimum atomic E-state index is -0.252. The summed E-state index contributed by atoms with van der Waals surface area (Å²) in [6, 6.07) is 11.4. The Bertz CT molecular complexity index is 1070. The maximum Gasteiger partial charge on any atom is 0.252 e. The van der Waals surface area contributed by atoms with Crippen LogP contribution < -0.4 is 11.1 Å². The van der Waals surface area contributed by atoms with Gasteiger partial charge in [-0.2, -0.15) is 0 Å². The van der Waals surface area contributed by atoms with E-state index in [4.69, 9.17) is 12.2 Å². The first-order valence-corrected chi connectivity index (χ1v) is 8.44. The van der Waals surface area contributed by atoms with Gasteiger partial charge >= 0.3 is 0 Å². The Kier molecular flexibility index (Phi) is 3.71. The lowest BCUT2D eigenvalue weighted by Gasteiger charge is -2.17. The van der Waals surface area contributed by atoms with E-state index in [9.17, 15) is 4.79 Å². The minimum absolute atomic E-state index is 0.123. The Morgan fingerprint density at radius 2 is 2.04 bits per heavy atom. The van der Waals surface area contributed by atoms with Crippen LogP contribution in [0.25, 0.3) is 10.9 Å². The fourth-order valence-electron chi connectivity index (χ4n) is 3.70. The third kappa shape index (κ3) is 2.43. The van der Waals surface area contributed by atoms with E-state index in [1.165, 1.54) is 0 Å². The van der Waals surface area contributed by atoms with Crippen molar-refractivity contribution in [1.82, 2.24) is 15.2 Å². The number of carbonyl (C=O) groups is 1. The molecule has 1 amide bonds. The second-order valence-corrected chi connectivity index (χ2v) is 6.88. The number of terminal acetylenes is 1. The predicted octanol–water partition coefficient (Wildman–Crippen LogP) is 2.63. The number of anilines is 1. The zero-order chi connectivity index (χ0) is 18.4. The van der Waals surface area contributed by atoms with Gasteiger partial charge in [0.15, 0.2) is 0 Å². The van der Waals surface area contributed by atoms with Gasteiger partial charge in [-0.05, 0) is 37.9 Å². The quantitative estimate of drug-likeness (QED) is 0.505. The third-order valence-electron chi connectivity index (χ3n) is 4.80. The molecule has 0 saturated heterocycles. The number of nitrogens with two attached hydrogens (primary N) is 1. The third-order valence-corrected chi connectivity index (χ3v) is 4.80. The molecule has 2 aromatic carbocycles. The number of benzene rings is 2. The topological polar surface area (TPSA) is 74.2 Å². The molecule has 2 heterocycles. The molecule has 0 radical (unpaired) electrons. The average molecular weight is 344 g/mol. The van der Waals surface area contributed by atoms with E-state index in [0.717, 1.165) is 34.3 Å². The summed E-state index contributed by atoms with van der Waals surface area (Å²) in [6.07, 6.45) is 5.50. The van der Waals surface area contributed by atoms with Gasteiger partial charge in [0.1, 0.15) is 0 Å². The number of fused-ring (bicyclic) bond motifs is 2. The number of nitrogens with zero attached hydrogens (tertiary/aromatic N) is 1. The molecule has 4 rings (SSSR count). The Morgan fingerprint density at radius 1 is 1.27 bits per heavy atom. The molecule has 5 heteroatoms. The number of hydrogen-bond donors (Lipinski definition) is 3. The lowest BCUT2D eigenvalue weighted by Crippen LogP contribution is -2.22. The van der Waals surface area contributed by atoms with Crippen LogP contribution >= 0.6 is 0 Å². The highest BCUT2D eigenvalue weighted by atomic mass is 16.2. The molecular weight excluding hydrogens is 324 g/mol. The SMILES string of the molecule is C#Cc1cc2c(cc1N)C(c1c(CN(C)C)[nH]c3ccccc13)NC2=O. The number of aromatic nitrogens is 1. The van der Waals surface area contributed by atoms with Crippen molar-refractivity contribution in [2.24, 2.45) is 0 Å². The first-order chi connectivity index (χ1) is 12.5. The molecule has 0 saturated carbocycles. The molecule has 0 fully saturated rings. The predicted molar refractivity (Wildman–Crippen MR) is 104 cm³/mol. The van der Waals surface area contributed by atoms with Gasteiger partial charge in [-0.1, -0.05) is 24.1 Å². The van der Waals surface area contributed by atoms with Gasteiger partial charge in [0.25, 0.3) is 5.91 Å². The van der Waals surface area contributed by atoms with Crippen LogP contribution in [0.3, 0.4) is 0 Å². The zero-order valence-corrected chi connectivity index (χ0v) is 14.8. The summed E-state index contributed by atoms with van der Waals surface area (Å²) in [5.74, 6) is 2.42. The van der Waals surface area contributed by atoms with Crippen LogP contribution in [-0.2, 0) is 6.54 Å². The highest BCUT2D eigenvalue weighted by Crippen LogP contribution is 2.38. The van der Waals surface area contributed by atoms with E-state index in [1.54, 1.807) is 6.07 Å². The Hall–Kier alpha value is -3.23. The van der Waals surface area contributed by atoms with E-state index in [2.05, 4.69) is 27.2 Å². The summed E-state index contributed by atoms with van der Waals surface area (Å²) < 4.78 is 0. The molecule has 1 atom stereocenters. The molecular formula is C21H20N4O. The van der Waals surface area contributed by atoms with Gasteiger partial charge in [-0.25, -0.2) is 0 Å². The minimum Gasteiger partial charge on any atom is -0.398 e. The molecule has 1 aromatic heterocycles.